The highest BCUT2D eigenvalue weighted by molar-refractivity contribution is 5.12. The molecule has 88 valence electrons. The van der Waals surface area contributed by atoms with Gasteiger partial charge in [-0.2, -0.15) is 0 Å². The van der Waals surface area contributed by atoms with Gasteiger partial charge in [0.25, 0.3) is 0 Å². The molecular formula is C13H24O2. The summed E-state index contributed by atoms with van der Waals surface area (Å²) in [7, 11) is 0. The van der Waals surface area contributed by atoms with E-state index in [0.29, 0.717) is 17.8 Å². The van der Waals surface area contributed by atoms with Gasteiger partial charge in [-0.3, -0.25) is 0 Å². The van der Waals surface area contributed by atoms with Crippen molar-refractivity contribution in [2.75, 3.05) is 0 Å². The van der Waals surface area contributed by atoms with E-state index in [-0.39, 0.29) is 0 Å². The Labute approximate surface area is 93.7 Å². The molecule has 0 saturated carbocycles. The zero-order valence-corrected chi connectivity index (χ0v) is 11.0. The first kappa shape index (κ1) is 12.4. The van der Waals surface area contributed by atoms with Crippen molar-refractivity contribution in [2.45, 2.75) is 54.3 Å². The van der Waals surface area contributed by atoms with Crippen LogP contribution >= 0.6 is 0 Å². The predicted molar refractivity (Wildman–Crippen MR) is 62.1 cm³/mol. The molecule has 0 aliphatic carbocycles. The SMILES string of the molecule is CC(C)C1=C(C(C)C)OC(C)(C(C)C)O1. The molecule has 1 aliphatic rings. The Kier molecular flexibility index (Phi) is 3.37. The summed E-state index contributed by atoms with van der Waals surface area (Å²) < 4.78 is 12.0. The predicted octanol–water partition coefficient (Wildman–Crippen LogP) is 3.93. The van der Waals surface area contributed by atoms with E-state index < -0.39 is 5.79 Å². The number of allylic oxidation sites excluding steroid dienone is 2. The average Bonchev–Trinajstić information content (AvgIpc) is 2.45. The minimum Gasteiger partial charge on any atom is -0.453 e. The Morgan fingerprint density at radius 1 is 0.800 bits per heavy atom. The third-order valence-corrected chi connectivity index (χ3v) is 2.97. The summed E-state index contributed by atoms with van der Waals surface area (Å²) in [4.78, 5) is 0. The lowest BCUT2D eigenvalue weighted by molar-refractivity contribution is -0.175. The van der Waals surface area contributed by atoms with E-state index in [1.54, 1.807) is 0 Å². The monoisotopic (exact) mass is 212 g/mol. The first-order chi connectivity index (χ1) is 6.78. The van der Waals surface area contributed by atoms with Gasteiger partial charge >= 0.3 is 0 Å². The minimum atomic E-state index is -0.473. The van der Waals surface area contributed by atoms with E-state index in [2.05, 4.69) is 41.5 Å². The van der Waals surface area contributed by atoms with Crippen LogP contribution in [0.2, 0.25) is 0 Å². The Morgan fingerprint density at radius 2 is 1.13 bits per heavy atom. The highest BCUT2D eigenvalue weighted by Crippen LogP contribution is 2.41. The zero-order valence-electron chi connectivity index (χ0n) is 11.0. The Hall–Kier alpha value is -0.660. The zero-order chi connectivity index (χ0) is 11.8. The van der Waals surface area contributed by atoms with Gasteiger partial charge in [-0.25, -0.2) is 0 Å². The number of hydrogen-bond acceptors (Lipinski definition) is 2. The smallest absolute Gasteiger partial charge is 0.250 e. The molecule has 0 saturated heterocycles. The lowest BCUT2D eigenvalue weighted by Gasteiger charge is -2.29. The van der Waals surface area contributed by atoms with Crippen LogP contribution in [0.3, 0.4) is 0 Å². The van der Waals surface area contributed by atoms with Gasteiger partial charge in [0.2, 0.25) is 5.79 Å². The molecule has 0 bridgehead atoms. The summed E-state index contributed by atoms with van der Waals surface area (Å²) in [6, 6.07) is 0. The van der Waals surface area contributed by atoms with Crippen LogP contribution in [0.15, 0.2) is 11.5 Å². The Bertz CT molecular complexity index is 242. The van der Waals surface area contributed by atoms with E-state index in [1.165, 1.54) is 0 Å². The van der Waals surface area contributed by atoms with Gasteiger partial charge < -0.3 is 9.47 Å². The molecule has 0 amide bonds. The highest BCUT2D eigenvalue weighted by Gasteiger charge is 2.42. The molecule has 15 heavy (non-hydrogen) atoms. The van der Waals surface area contributed by atoms with Crippen molar-refractivity contribution in [2.24, 2.45) is 17.8 Å². The Balaban J connectivity index is 2.95. The first-order valence-electron chi connectivity index (χ1n) is 5.90. The molecule has 0 atom stereocenters. The van der Waals surface area contributed by atoms with Crippen LogP contribution < -0.4 is 0 Å². The van der Waals surface area contributed by atoms with Gasteiger partial charge in [-0.05, 0) is 0 Å². The summed E-state index contributed by atoms with van der Waals surface area (Å²) in [6.07, 6.45) is 0. The van der Waals surface area contributed by atoms with Crippen LogP contribution in [-0.4, -0.2) is 5.79 Å². The second-order valence-electron chi connectivity index (χ2n) is 5.41. The van der Waals surface area contributed by atoms with Crippen LogP contribution in [0.25, 0.3) is 0 Å². The van der Waals surface area contributed by atoms with E-state index in [0.717, 1.165) is 11.5 Å². The van der Waals surface area contributed by atoms with Crippen molar-refractivity contribution in [3.05, 3.63) is 11.5 Å². The van der Waals surface area contributed by atoms with E-state index in [9.17, 15) is 0 Å². The van der Waals surface area contributed by atoms with Crippen LogP contribution in [0.1, 0.15) is 48.5 Å². The number of hydrogen-bond donors (Lipinski definition) is 0. The topological polar surface area (TPSA) is 18.5 Å². The lowest BCUT2D eigenvalue weighted by atomic mass is 10.1. The fraction of sp³-hybridized carbons (Fsp3) is 0.846. The summed E-state index contributed by atoms with van der Waals surface area (Å²) in [5.74, 6) is 2.72. The maximum Gasteiger partial charge on any atom is 0.250 e. The molecule has 0 N–H and O–H groups in total. The van der Waals surface area contributed by atoms with E-state index >= 15 is 0 Å². The third kappa shape index (κ3) is 2.30. The standard InChI is InChI=1S/C13H24O2/c1-8(2)11-12(9(3)4)15-13(7,14-11)10(5)6/h8-10H,1-7H3. The van der Waals surface area contributed by atoms with Crippen molar-refractivity contribution in [3.8, 4) is 0 Å². The van der Waals surface area contributed by atoms with Gasteiger partial charge in [-0.15, -0.1) is 0 Å². The normalized spacial score (nSPS) is 20.1. The van der Waals surface area contributed by atoms with E-state index in [1.807, 2.05) is 6.92 Å². The molecule has 0 aromatic heterocycles. The molecule has 0 spiro atoms. The summed E-state index contributed by atoms with van der Waals surface area (Å²) in [5.41, 5.74) is 0. The fourth-order valence-corrected chi connectivity index (χ4v) is 1.60. The van der Waals surface area contributed by atoms with Gasteiger partial charge in [0.05, 0.1) is 0 Å². The van der Waals surface area contributed by atoms with Crippen molar-refractivity contribution in [1.82, 2.24) is 0 Å². The minimum absolute atomic E-state index is 0.350. The molecule has 0 unspecified atom stereocenters. The molecule has 2 heteroatoms. The molecule has 1 rings (SSSR count). The van der Waals surface area contributed by atoms with Crippen LogP contribution in [-0.2, 0) is 9.47 Å². The average molecular weight is 212 g/mol. The molecule has 0 radical (unpaired) electrons. The van der Waals surface area contributed by atoms with Crippen molar-refractivity contribution in [1.29, 1.82) is 0 Å². The second kappa shape index (κ2) is 4.07. The fourth-order valence-electron chi connectivity index (χ4n) is 1.60. The lowest BCUT2D eigenvalue weighted by Crippen LogP contribution is -2.33. The van der Waals surface area contributed by atoms with E-state index in [4.69, 9.17) is 9.47 Å². The Morgan fingerprint density at radius 3 is 1.33 bits per heavy atom. The molecule has 2 nitrogen and oxygen atoms in total. The van der Waals surface area contributed by atoms with Gasteiger partial charge in [0.1, 0.15) is 11.5 Å². The second-order valence-corrected chi connectivity index (χ2v) is 5.41. The largest absolute Gasteiger partial charge is 0.453 e. The molecule has 0 aromatic carbocycles. The molecule has 0 aromatic rings. The summed E-state index contributed by atoms with van der Waals surface area (Å²) in [5, 5.41) is 0. The van der Waals surface area contributed by atoms with Gasteiger partial charge in [0.15, 0.2) is 0 Å². The van der Waals surface area contributed by atoms with Crippen LogP contribution in [0.4, 0.5) is 0 Å². The quantitative estimate of drug-likeness (QED) is 0.705. The first-order valence-corrected chi connectivity index (χ1v) is 5.90. The summed E-state index contributed by atoms with van der Waals surface area (Å²) in [6.45, 7) is 14.9. The highest BCUT2D eigenvalue weighted by atomic mass is 16.7. The van der Waals surface area contributed by atoms with Crippen molar-refractivity contribution in [3.63, 3.8) is 0 Å². The molecule has 1 heterocycles. The van der Waals surface area contributed by atoms with Crippen LogP contribution in [0, 0.1) is 17.8 Å². The molecule has 1 aliphatic heterocycles. The van der Waals surface area contributed by atoms with Crippen molar-refractivity contribution < 1.29 is 9.47 Å². The molecular weight excluding hydrogens is 188 g/mol. The maximum absolute atomic E-state index is 6.00. The van der Waals surface area contributed by atoms with Gasteiger partial charge in [-0.1, -0.05) is 41.5 Å². The summed E-state index contributed by atoms with van der Waals surface area (Å²) >= 11 is 0. The maximum atomic E-state index is 6.00. The van der Waals surface area contributed by atoms with Gasteiger partial charge in [0, 0.05) is 24.7 Å². The number of rotatable bonds is 3. The molecule has 0 fully saturated rings. The van der Waals surface area contributed by atoms with Crippen molar-refractivity contribution >= 4 is 0 Å². The van der Waals surface area contributed by atoms with Crippen LogP contribution in [0.5, 0.6) is 0 Å². The third-order valence-electron chi connectivity index (χ3n) is 2.97. The number of ether oxygens (including phenoxy) is 2.